The third kappa shape index (κ3) is 1.65. The van der Waals surface area contributed by atoms with E-state index in [2.05, 4.69) is 0 Å². The van der Waals surface area contributed by atoms with Crippen molar-refractivity contribution in [3.8, 4) is 0 Å². The lowest BCUT2D eigenvalue weighted by Crippen LogP contribution is -2.06. The molecular formula is C10H4ClFO4. The standard InChI is InChI=1S/C10H4ClFO4/c11-5-2-8-4(1-6(5)12)7(13)3-9(16-8)10(14)15/h1-3H,(H,14,15). The summed E-state index contributed by atoms with van der Waals surface area (Å²) in [6.07, 6.45) is 0. The van der Waals surface area contributed by atoms with Crippen LogP contribution in [0.25, 0.3) is 11.0 Å². The molecule has 0 saturated heterocycles. The number of hydrogen-bond donors (Lipinski definition) is 1. The van der Waals surface area contributed by atoms with Gasteiger partial charge in [-0.15, -0.1) is 0 Å². The minimum Gasteiger partial charge on any atom is -0.475 e. The predicted octanol–water partition coefficient (Wildman–Crippen LogP) is 2.28. The fourth-order valence-electron chi connectivity index (χ4n) is 1.26. The number of halogens is 2. The van der Waals surface area contributed by atoms with E-state index in [1.165, 1.54) is 0 Å². The van der Waals surface area contributed by atoms with Gasteiger partial charge in [0.05, 0.1) is 10.4 Å². The molecule has 1 aromatic heterocycles. The van der Waals surface area contributed by atoms with Crippen molar-refractivity contribution in [3.63, 3.8) is 0 Å². The fourth-order valence-corrected chi connectivity index (χ4v) is 1.41. The molecule has 1 heterocycles. The summed E-state index contributed by atoms with van der Waals surface area (Å²) in [5.41, 5.74) is -0.689. The molecule has 1 aromatic carbocycles. The van der Waals surface area contributed by atoms with E-state index in [-0.39, 0.29) is 16.0 Å². The molecular weight excluding hydrogens is 239 g/mol. The van der Waals surface area contributed by atoms with Gasteiger partial charge in [-0.2, -0.15) is 0 Å². The lowest BCUT2D eigenvalue weighted by molar-refractivity contribution is 0.0663. The molecule has 16 heavy (non-hydrogen) atoms. The van der Waals surface area contributed by atoms with Crippen molar-refractivity contribution in [2.75, 3.05) is 0 Å². The molecule has 0 fully saturated rings. The minimum atomic E-state index is -1.38. The predicted molar refractivity (Wildman–Crippen MR) is 54.4 cm³/mol. The van der Waals surface area contributed by atoms with Crippen molar-refractivity contribution in [2.45, 2.75) is 0 Å². The van der Waals surface area contributed by atoms with Crippen LogP contribution in [0, 0.1) is 5.82 Å². The average Bonchev–Trinajstić information content (AvgIpc) is 2.20. The fraction of sp³-hybridized carbons (Fsp3) is 0. The Hall–Kier alpha value is -1.88. The Bertz CT molecular complexity index is 647. The van der Waals surface area contributed by atoms with Gasteiger partial charge in [0.2, 0.25) is 5.76 Å². The molecule has 0 aliphatic carbocycles. The van der Waals surface area contributed by atoms with Crippen LogP contribution in [0.15, 0.2) is 27.4 Å². The molecule has 0 aliphatic heterocycles. The largest absolute Gasteiger partial charge is 0.475 e. The highest BCUT2D eigenvalue weighted by atomic mass is 35.5. The van der Waals surface area contributed by atoms with E-state index in [9.17, 15) is 14.0 Å². The minimum absolute atomic E-state index is 0.0492. The first-order chi connectivity index (χ1) is 7.49. The summed E-state index contributed by atoms with van der Waals surface area (Å²) in [5, 5.41) is 8.37. The lowest BCUT2D eigenvalue weighted by Gasteiger charge is -2.00. The van der Waals surface area contributed by atoms with E-state index >= 15 is 0 Å². The summed E-state index contributed by atoms with van der Waals surface area (Å²) in [7, 11) is 0. The first kappa shape index (κ1) is 10.6. The van der Waals surface area contributed by atoms with Crippen LogP contribution in [0.4, 0.5) is 4.39 Å². The summed E-state index contributed by atoms with van der Waals surface area (Å²) in [6.45, 7) is 0. The van der Waals surface area contributed by atoms with Crippen molar-refractivity contribution in [2.24, 2.45) is 0 Å². The molecule has 2 rings (SSSR count). The van der Waals surface area contributed by atoms with Gasteiger partial charge in [-0.25, -0.2) is 9.18 Å². The summed E-state index contributed by atoms with van der Waals surface area (Å²) in [5.74, 6) is -2.65. The van der Waals surface area contributed by atoms with Crippen LogP contribution in [-0.4, -0.2) is 11.1 Å². The zero-order valence-corrected chi connectivity index (χ0v) is 8.42. The molecule has 0 spiro atoms. The number of carboxylic acids is 1. The average molecular weight is 243 g/mol. The van der Waals surface area contributed by atoms with Crippen LogP contribution in [-0.2, 0) is 0 Å². The van der Waals surface area contributed by atoms with Crippen LogP contribution in [0.3, 0.4) is 0 Å². The lowest BCUT2D eigenvalue weighted by atomic mass is 10.2. The molecule has 6 heteroatoms. The summed E-state index contributed by atoms with van der Waals surface area (Å²) in [6, 6.07) is 2.77. The summed E-state index contributed by atoms with van der Waals surface area (Å²) < 4.78 is 17.9. The van der Waals surface area contributed by atoms with E-state index in [4.69, 9.17) is 21.1 Å². The van der Waals surface area contributed by atoms with Crippen molar-refractivity contribution in [1.82, 2.24) is 0 Å². The molecule has 4 nitrogen and oxygen atoms in total. The Morgan fingerprint density at radius 1 is 1.38 bits per heavy atom. The van der Waals surface area contributed by atoms with Crippen LogP contribution in [0.2, 0.25) is 5.02 Å². The zero-order chi connectivity index (χ0) is 11.9. The van der Waals surface area contributed by atoms with Gasteiger partial charge in [-0.05, 0) is 6.07 Å². The quantitative estimate of drug-likeness (QED) is 0.833. The molecule has 0 unspecified atom stereocenters. The summed E-state index contributed by atoms with van der Waals surface area (Å²) >= 11 is 5.49. The van der Waals surface area contributed by atoms with Gasteiger partial charge in [-0.1, -0.05) is 11.6 Å². The maximum absolute atomic E-state index is 13.1. The van der Waals surface area contributed by atoms with Gasteiger partial charge in [0, 0.05) is 12.1 Å². The first-order valence-corrected chi connectivity index (χ1v) is 4.53. The topological polar surface area (TPSA) is 67.5 Å². The van der Waals surface area contributed by atoms with Crippen molar-refractivity contribution >= 4 is 28.5 Å². The number of aromatic carboxylic acids is 1. The van der Waals surface area contributed by atoms with Gasteiger partial charge >= 0.3 is 5.97 Å². The highest BCUT2D eigenvalue weighted by molar-refractivity contribution is 6.31. The van der Waals surface area contributed by atoms with E-state index in [1.807, 2.05) is 0 Å². The molecule has 82 valence electrons. The second-order valence-corrected chi connectivity index (χ2v) is 3.45. The highest BCUT2D eigenvalue weighted by Crippen LogP contribution is 2.21. The zero-order valence-electron chi connectivity index (χ0n) is 7.66. The van der Waals surface area contributed by atoms with Crippen LogP contribution in [0.1, 0.15) is 10.6 Å². The van der Waals surface area contributed by atoms with Gasteiger partial charge in [-0.3, -0.25) is 4.79 Å². The van der Waals surface area contributed by atoms with Crippen LogP contribution < -0.4 is 5.43 Å². The van der Waals surface area contributed by atoms with Gasteiger partial charge in [0.1, 0.15) is 11.4 Å². The summed E-state index contributed by atoms with van der Waals surface area (Å²) in [4.78, 5) is 22.0. The number of fused-ring (bicyclic) bond motifs is 1. The normalized spacial score (nSPS) is 10.6. The molecule has 0 amide bonds. The molecule has 2 aromatic rings. The smallest absolute Gasteiger partial charge is 0.371 e. The Morgan fingerprint density at radius 3 is 2.69 bits per heavy atom. The monoisotopic (exact) mass is 242 g/mol. The van der Waals surface area contributed by atoms with Crippen LogP contribution in [0.5, 0.6) is 0 Å². The van der Waals surface area contributed by atoms with E-state index in [0.29, 0.717) is 0 Å². The Labute approximate surface area is 92.9 Å². The highest BCUT2D eigenvalue weighted by Gasteiger charge is 2.12. The Morgan fingerprint density at radius 2 is 2.06 bits per heavy atom. The maximum Gasteiger partial charge on any atom is 0.371 e. The van der Waals surface area contributed by atoms with Gasteiger partial charge in [0.15, 0.2) is 5.43 Å². The first-order valence-electron chi connectivity index (χ1n) is 4.15. The van der Waals surface area contributed by atoms with Crippen molar-refractivity contribution in [3.05, 3.63) is 45.0 Å². The SMILES string of the molecule is O=C(O)c1cc(=O)c2cc(F)c(Cl)cc2o1. The Kier molecular flexibility index (Phi) is 2.40. The van der Waals surface area contributed by atoms with Gasteiger partial charge < -0.3 is 9.52 Å². The molecule has 0 aliphatic rings. The number of rotatable bonds is 1. The van der Waals surface area contributed by atoms with Crippen molar-refractivity contribution in [1.29, 1.82) is 0 Å². The second kappa shape index (κ2) is 3.61. The molecule has 0 radical (unpaired) electrons. The molecule has 1 N–H and O–H groups in total. The van der Waals surface area contributed by atoms with Gasteiger partial charge in [0.25, 0.3) is 0 Å². The number of hydrogen-bond acceptors (Lipinski definition) is 3. The third-order valence-electron chi connectivity index (χ3n) is 1.98. The van der Waals surface area contributed by atoms with E-state index < -0.39 is 23.0 Å². The maximum atomic E-state index is 13.1. The number of benzene rings is 1. The van der Waals surface area contributed by atoms with Crippen LogP contribution >= 0.6 is 11.6 Å². The van der Waals surface area contributed by atoms with Crippen molar-refractivity contribution < 1.29 is 18.7 Å². The molecule has 0 bridgehead atoms. The molecule has 0 saturated carbocycles. The second-order valence-electron chi connectivity index (χ2n) is 3.04. The Balaban J connectivity index is 2.88. The third-order valence-corrected chi connectivity index (χ3v) is 2.27. The number of carbonyl (C=O) groups is 1. The number of carboxylic acid groups (broad SMARTS) is 1. The molecule has 0 atom stereocenters. The van der Waals surface area contributed by atoms with E-state index in [0.717, 1.165) is 18.2 Å². The van der Waals surface area contributed by atoms with E-state index in [1.54, 1.807) is 0 Å².